The zero-order valence-corrected chi connectivity index (χ0v) is 20.8. The van der Waals surface area contributed by atoms with E-state index >= 15 is 0 Å². The van der Waals surface area contributed by atoms with E-state index in [4.69, 9.17) is 4.74 Å². The lowest BCUT2D eigenvalue weighted by atomic mass is 10.1. The molecule has 0 heterocycles. The van der Waals surface area contributed by atoms with Gasteiger partial charge in [0.25, 0.3) is 5.91 Å². The van der Waals surface area contributed by atoms with E-state index in [2.05, 4.69) is 17.6 Å². The van der Waals surface area contributed by atoms with Gasteiger partial charge in [-0.2, -0.15) is 0 Å². The van der Waals surface area contributed by atoms with Gasteiger partial charge in [0.1, 0.15) is 12.3 Å². The molecule has 0 fully saturated rings. The number of hydrogen-bond donors (Lipinski definition) is 2. The Morgan fingerprint density at radius 1 is 0.889 bits per heavy atom. The van der Waals surface area contributed by atoms with Crippen molar-refractivity contribution in [1.29, 1.82) is 0 Å². The average Bonchev–Trinajstić information content (AvgIpc) is 2.88. The Balaban J connectivity index is 1.62. The second kappa shape index (κ2) is 13.7. The number of ether oxygens (including phenoxy) is 1. The van der Waals surface area contributed by atoms with Gasteiger partial charge in [0.05, 0.1) is 13.2 Å². The molecular weight excluding hydrogens is 454 g/mol. The number of rotatable bonds is 12. The van der Waals surface area contributed by atoms with Gasteiger partial charge in [0.15, 0.2) is 0 Å². The highest BCUT2D eigenvalue weighted by Gasteiger charge is 2.20. The monoisotopic (exact) mass is 487 g/mol. The molecule has 0 aliphatic carbocycles. The fourth-order valence-electron chi connectivity index (χ4n) is 3.55. The van der Waals surface area contributed by atoms with Crippen molar-refractivity contribution in [3.05, 3.63) is 95.6 Å². The molecule has 0 spiro atoms. The quantitative estimate of drug-likeness (QED) is 0.366. The highest BCUT2D eigenvalue weighted by molar-refractivity contribution is 5.98. The third-order valence-electron chi connectivity index (χ3n) is 5.45. The van der Waals surface area contributed by atoms with E-state index in [-0.39, 0.29) is 31.4 Å². The molecule has 0 aliphatic heterocycles. The minimum Gasteiger partial charge on any atom is -0.494 e. The molecule has 0 bridgehead atoms. The molecule has 188 valence electrons. The molecule has 7 heteroatoms. The van der Waals surface area contributed by atoms with E-state index in [1.54, 1.807) is 30.3 Å². The van der Waals surface area contributed by atoms with Crippen LogP contribution >= 0.6 is 0 Å². The maximum Gasteiger partial charge on any atom is 0.254 e. The molecule has 3 aromatic carbocycles. The van der Waals surface area contributed by atoms with Crippen LogP contribution in [0.5, 0.6) is 5.75 Å². The fourth-order valence-corrected chi connectivity index (χ4v) is 3.55. The van der Waals surface area contributed by atoms with Crippen molar-refractivity contribution in [3.63, 3.8) is 0 Å². The molecule has 0 aliphatic rings. The Morgan fingerprint density at radius 2 is 1.64 bits per heavy atom. The summed E-state index contributed by atoms with van der Waals surface area (Å²) < 4.78 is 5.68. The molecule has 3 aromatic rings. The van der Waals surface area contributed by atoms with Gasteiger partial charge in [0, 0.05) is 17.8 Å². The molecule has 0 unspecified atom stereocenters. The predicted molar refractivity (Wildman–Crippen MR) is 141 cm³/mol. The van der Waals surface area contributed by atoms with E-state index in [1.165, 1.54) is 4.90 Å². The Bertz CT molecular complexity index is 1150. The maximum atomic E-state index is 13.3. The van der Waals surface area contributed by atoms with Crippen molar-refractivity contribution in [2.75, 3.05) is 25.0 Å². The minimum absolute atomic E-state index is 0.180. The SMILES string of the molecule is CCCCOc1ccc(C(=O)N(CC(=O)NCC(=O)Nc2cccc(C)c2)Cc2ccccc2)cc1. The summed E-state index contributed by atoms with van der Waals surface area (Å²) in [7, 11) is 0. The predicted octanol–water partition coefficient (Wildman–Crippen LogP) is 4.57. The van der Waals surface area contributed by atoms with E-state index in [0.717, 1.165) is 24.0 Å². The van der Waals surface area contributed by atoms with E-state index in [1.807, 2.05) is 55.5 Å². The van der Waals surface area contributed by atoms with Crippen LogP contribution in [0.3, 0.4) is 0 Å². The van der Waals surface area contributed by atoms with Crippen molar-refractivity contribution < 1.29 is 19.1 Å². The molecule has 36 heavy (non-hydrogen) atoms. The van der Waals surface area contributed by atoms with Crippen LogP contribution in [0.25, 0.3) is 0 Å². The Kier molecular flexibility index (Phi) is 10.1. The number of carbonyl (C=O) groups excluding carboxylic acids is 3. The van der Waals surface area contributed by atoms with Gasteiger partial charge >= 0.3 is 0 Å². The van der Waals surface area contributed by atoms with Gasteiger partial charge in [-0.15, -0.1) is 0 Å². The minimum atomic E-state index is -0.418. The highest BCUT2D eigenvalue weighted by Crippen LogP contribution is 2.16. The maximum absolute atomic E-state index is 13.3. The molecule has 0 saturated carbocycles. The van der Waals surface area contributed by atoms with Crippen LogP contribution in [0.4, 0.5) is 5.69 Å². The number of unbranched alkanes of at least 4 members (excludes halogenated alkanes) is 1. The van der Waals surface area contributed by atoms with Crippen LogP contribution < -0.4 is 15.4 Å². The number of carbonyl (C=O) groups is 3. The second-order valence-corrected chi connectivity index (χ2v) is 8.57. The molecule has 0 radical (unpaired) electrons. The first-order chi connectivity index (χ1) is 17.4. The summed E-state index contributed by atoms with van der Waals surface area (Å²) in [6, 6.07) is 23.8. The number of nitrogens with one attached hydrogen (secondary N) is 2. The van der Waals surface area contributed by atoms with Gasteiger partial charge in [-0.1, -0.05) is 55.8 Å². The second-order valence-electron chi connectivity index (χ2n) is 8.57. The molecular formula is C29H33N3O4. The lowest BCUT2D eigenvalue weighted by Gasteiger charge is -2.22. The van der Waals surface area contributed by atoms with E-state index < -0.39 is 5.91 Å². The number of hydrogen-bond acceptors (Lipinski definition) is 4. The van der Waals surface area contributed by atoms with Crippen LogP contribution in [0.2, 0.25) is 0 Å². The van der Waals surface area contributed by atoms with Crippen LogP contribution in [0.15, 0.2) is 78.9 Å². The first-order valence-corrected chi connectivity index (χ1v) is 12.1. The summed E-state index contributed by atoms with van der Waals surface area (Å²) in [6.07, 6.45) is 2.00. The van der Waals surface area contributed by atoms with Gasteiger partial charge in [0.2, 0.25) is 11.8 Å². The van der Waals surface area contributed by atoms with Crippen LogP contribution in [0.1, 0.15) is 41.3 Å². The molecule has 2 N–H and O–H groups in total. The Hall–Kier alpha value is -4.13. The summed E-state index contributed by atoms with van der Waals surface area (Å²) in [5.41, 5.74) is 3.04. The molecule has 0 atom stereocenters. The highest BCUT2D eigenvalue weighted by atomic mass is 16.5. The Morgan fingerprint density at radius 3 is 2.33 bits per heavy atom. The lowest BCUT2D eigenvalue weighted by Crippen LogP contribution is -2.42. The van der Waals surface area contributed by atoms with Gasteiger partial charge < -0.3 is 20.3 Å². The van der Waals surface area contributed by atoms with Gasteiger partial charge in [-0.25, -0.2) is 0 Å². The van der Waals surface area contributed by atoms with Crippen molar-refractivity contribution >= 4 is 23.4 Å². The summed E-state index contributed by atoms with van der Waals surface area (Å²) in [4.78, 5) is 39.7. The summed E-state index contributed by atoms with van der Waals surface area (Å²) >= 11 is 0. The van der Waals surface area contributed by atoms with Crippen molar-refractivity contribution in [2.45, 2.75) is 33.2 Å². The molecule has 0 aromatic heterocycles. The first kappa shape index (κ1) is 26.5. The van der Waals surface area contributed by atoms with E-state index in [9.17, 15) is 14.4 Å². The summed E-state index contributed by atoms with van der Waals surface area (Å²) in [6.45, 7) is 4.55. The average molecular weight is 488 g/mol. The standard InChI is InChI=1S/C29H33N3O4/c1-3-4-17-36-26-15-13-24(14-16-26)29(35)32(20-23-10-6-5-7-11-23)21-28(34)30-19-27(33)31-25-12-8-9-22(2)18-25/h5-16,18H,3-4,17,19-21H2,1-2H3,(H,30,34)(H,31,33). The molecule has 0 saturated heterocycles. The van der Waals surface area contributed by atoms with Crippen molar-refractivity contribution in [1.82, 2.24) is 10.2 Å². The largest absolute Gasteiger partial charge is 0.494 e. The Labute approximate surface area is 212 Å². The number of benzene rings is 3. The summed E-state index contributed by atoms with van der Waals surface area (Å²) in [5, 5.41) is 5.37. The third kappa shape index (κ3) is 8.58. The lowest BCUT2D eigenvalue weighted by molar-refractivity contribution is -0.124. The zero-order valence-electron chi connectivity index (χ0n) is 20.8. The molecule has 7 nitrogen and oxygen atoms in total. The van der Waals surface area contributed by atoms with Gasteiger partial charge in [-0.05, 0) is 60.9 Å². The topological polar surface area (TPSA) is 87.7 Å². The fraction of sp³-hybridized carbons (Fsp3) is 0.276. The first-order valence-electron chi connectivity index (χ1n) is 12.1. The zero-order chi connectivity index (χ0) is 25.8. The van der Waals surface area contributed by atoms with Crippen molar-refractivity contribution in [2.24, 2.45) is 0 Å². The summed E-state index contributed by atoms with van der Waals surface area (Å²) in [5.74, 6) is -0.336. The van der Waals surface area contributed by atoms with Crippen LogP contribution in [0, 0.1) is 6.92 Å². The molecule has 3 rings (SSSR count). The smallest absolute Gasteiger partial charge is 0.254 e. The van der Waals surface area contributed by atoms with Crippen LogP contribution in [-0.2, 0) is 16.1 Å². The molecule has 3 amide bonds. The number of aryl methyl sites for hydroxylation is 1. The van der Waals surface area contributed by atoms with Crippen LogP contribution in [-0.4, -0.2) is 42.3 Å². The van der Waals surface area contributed by atoms with Crippen molar-refractivity contribution in [3.8, 4) is 5.75 Å². The van der Waals surface area contributed by atoms with Gasteiger partial charge in [-0.3, -0.25) is 14.4 Å². The number of anilines is 1. The number of nitrogens with zero attached hydrogens (tertiary/aromatic N) is 1. The van der Waals surface area contributed by atoms with E-state index in [0.29, 0.717) is 23.6 Å². The third-order valence-corrected chi connectivity index (χ3v) is 5.45. The normalized spacial score (nSPS) is 10.4. The number of amides is 3.